The first-order valence-corrected chi connectivity index (χ1v) is 18.0. The molecule has 1 aliphatic carbocycles. The third-order valence-corrected chi connectivity index (χ3v) is 16.8. The van der Waals surface area contributed by atoms with Crippen LogP contribution in [0.1, 0.15) is 71.4 Å². The van der Waals surface area contributed by atoms with Crippen LogP contribution in [0.3, 0.4) is 0 Å². The highest BCUT2D eigenvalue weighted by atomic mass is 28.4. The molecule has 5 heteroatoms. The topological polar surface area (TPSA) is 35.5 Å². The minimum Gasteiger partial charge on any atom is -0.417 e. The van der Waals surface area contributed by atoms with Crippen LogP contribution in [0, 0.1) is 0 Å². The van der Waals surface area contributed by atoms with Gasteiger partial charge in [-0.1, -0.05) is 71.9 Å². The molecule has 0 radical (unpaired) electrons. The van der Waals surface area contributed by atoms with Gasteiger partial charge in [0.15, 0.2) is 22.4 Å². The molecule has 0 amide bonds. The van der Waals surface area contributed by atoms with Crippen LogP contribution in [0.4, 0.5) is 0 Å². The van der Waals surface area contributed by atoms with Crippen molar-refractivity contribution in [1.29, 1.82) is 0 Å². The second kappa shape index (κ2) is 10.1. The molecule has 1 aliphatic rings. The zero-order chi connectivity index (χ0) is 24.4. The molecule has 0 saturated heterocycles. The third kappa shape index (κ3) is 6.52. The number of hydrogen-bond donors (Lipinski definition) is 0. The summed E-state index contributed by atoms with van der Waals surface area (Å²) in [5, 5.41) is 0.356. The molecule has 0 aromatic heterocycles. The lowest BCUT2D eigenvalue weighted by molar-refractivity contribution is -0.116. The van der Waals surface area contributed by atoms with Crippen molar-refractivity contribution in [2.75, 3.05) is 6.61 Å². The molecule has 1 aromatic carbocycles. The van der Waals surface area contributed by atoms with Crippen LogP contribution in [-0.2, 0) is 20.1 Å². The SMILES string of the molecule is CC(C)(C)[Si](C)(C)OCCCCc1ccccc1[C@@H]1C(=O)C=C[C@H]1O[Si](C)(C)C(C)(C)C. The average Bonchev–Trinajstić information content (AvgIpc) is 2.99. The number of hydrogen-bond acceptors (Lipinski definition) is 3. The largest absolute Gasteiger partial charge is 0.417 e. The molecular weight excluding hydrogens is 428 g/mol. The standard InChI is InChI=1S/C27H46O3Si2/c1-26(2,3)31(7,8)29-20-14-13-16-21-15-11-12-17-22(21)25-23(28)18-19-24(25)30-32(9,10)27(4,5)6/h11-12,15,17-19,24-25H,13-14,16,20H2,1-10H3/t24-,25-/m1/s1. The summed E-state index contributed by atoms with van der Waals surface area (Å²) in [4.78, 5) is 12.9. The number of carbonyl (C=O) groups excluding carboxylic acids is 1. The van der Waals surface area contributed by atoms with Crippen molar-refractivity contribution in [3.05, 3.63) is 47.5 Å². The Bertz CT molecular complexity index is 813. The maximum atomic E-state index is 12.9. The summed E-state index contributed by atoms with van der Waals surface area (Å²) in [7, 11) is -3.67. The molecule has 0 heterocycles. The quantitative estimate of drug-likeness (QED) is 0.272. The smallest absolute Gasteiger partial charge is 0.192 e. The van der Waals surface area contributed by atoms with Crippen LogP contribution in [-0.4, -0.2) is 35.1 Å². The van der Waals surface area contributed by atoms with E-state index >= 15 is 0 Å². The monoisotopic (exact) mass is 474 g/mol. The molecule has 0 N–H and O–H groups in total. The third-order valence-electron chi connectivity index (χ3n) is 7.82. The van der Waals surface area contributed by atoms with Crippen molar-refractivity contribution >= 4 is 22.4 Å². The number of benzene rings is 1. The number of unbranched alkanes of at least 4 members (excludes halogenated alkanes) is 1. The Kier molecular flexibility index (Phi) is 8.58. The molecule has 1 aromatic rings. The summed E-state index contributed by atoms with van der Waals surface area (Å²) in [6.07, 6.45) is 6.62. The van der Waals surface area contributed by atoms with Gasteiger partial charge < -0.3 is 8.85 Å². The molecule has 180 valence electrons. The second-order valence-corrected chi connectivity index (χ2v) is 21.9. The predicted octanol–water partition coefficient (Wildman–Crippen LogP) is 7.64. The Morgan fingerprint density at radius 3 is 2.06 bits per heavy atom. The molecule has 3 nitrogen and oxygen atoms in total. The van der Waals surface area contributed by atoms with Gasteiger partial charge in [-0.25, -0.2) is 0 Å². The second-order valence-electron chi connectivity index (χ2n) is 12.3. The minimum atomic E-state index is -1.98. The van der Waals surface area contributed by atoms with Crippen molar-refractivity contribution in [1.82, 2.24) is 0 Å². The lowest BCUT2D eigenvalue weighted by Gasteiger charge is -2.39. The van der Waals surface area contributed by atoms with Crippen LogP contribution < -0.4 is 0 Å². The Balaban J connectivity index is 2.06. The number of rotatable bonds is 9. The summed E-state index contributed by atoms with van der Waals surface area (Å²) >= 11 is 0. The highest BCUT2D eigenvalue weighted by Gasteiger charge is 2.43. The molecular formula is C27H46O3Si2. The summed E-state index contributed by atoms with van der Waals surface area (Å²) in [5.41, 5.74) is 2.40. The summed E-state index contributed by atoms with van der Waals surface area (Å²) < 4.78 is 13.0. The minimum absolute atomic E-state index is 0.112. The predicted molar refractivity (Wildman–Crippen MR) is 141 cm³/mol. The van der Waals surface area contributed by atoms with Crippen LogP contribution in [0.25, 0.3) is 0 Å². The van der Waals surface area contributed by atoms with Crippen molar-refractivity contribution in [2.24, 2.45) is 0 Å². The van der Waals surface area contributed by atoms with E-state index in [1.54, 1.807) is 6.08 Å². The van der Waals surface area contributed by atoms with Crippen molar-refractivity contribution in [3.63, 3.8) is 0 Å². The van der Waals surface area contributed by atoms with Gasteiger partial charge in [-0.3, -0.25) is 4.79 Å². The van der Waals surface area contributed by atoms with E-state index < -0.39 is 16.6 Å². The van der Waals surface area contributed by atoms with Crippen molar-refractivity contribution < 1.29 is 13.6 Å². The summed E-state index contributed by atoms with van der Waals surface area (Å²) in [5.74, 6) is -0.0498. The van der Waals surface area contributed by atoms with E-state index in [1.165, 1.54) is 5.56 Å². The first kappa shape index (κ1) is 27.2. The number of allylic oxidation sites excluding steroid dienone is 1. The number of aryl methyl sites for hydroxylation is 1. The zero-order valence-electron chi connectivity index (χ0n) is 22.2. The van der Waals surface area contributed by atoms with Gasteiger partial charge in [0.1, 0.15) is 0 Å². The lowest BCUT2D eigenvalue weighted by Crippen LogP contribution is -2.44. The fraction of sp³-hybridized carbons (Fsp3) is 0.667. The lowest BCUT2D eigenvalue weighted by atomic mass is 9.88. The van der Waals surface area contributed by atoms with Crippen LogP contribution in [0.2, 0.25) is 36.3 Å². The van der Waals surface area contributed by atoms with Crippen molar-refractivity contribution in [3.8, 4) is 0 Å². The van der Waals surface area contributed by atoms with Gasteiger partial charge in [-0.15, -0.1) is 0 Å². The normalized spacial score (nSPS) is 20.2. The van der Waals surface area contributed by atoms with Crippen LogP contribution in [0.15, 0.2) is 36.4 Å². The van der Waals surface area contributed by atoms with Gasteiger partial charge in [0.05, 0.1) is 12.0 Å². The fourth-order valence-corrected chi connectivity index (χ4v) is 5.88. The molecule has 2 atom stereocenters. The summed E-state index contributed by atoms with van der Waals surface area (Å²) in [6, 6.07) is 8.44. The molecule has 0 aliphatic heterocycles. The molecule has 0 fully saturated rings. The first-order valence-electron chi connectivity index (χ1n) is 12.2. The number of carbonyl (C=O) groups is 1. The first-order chi connectivity index (χ1) is 14.6. The van der Waals surface area contributed by atoms with Crippen molar-refractivity contribution in [2.45, 2.75) is 109 Å². The molecule has 2 rings (SSSR count). The maximum Gasteiger partial charge on any atom is 0.192 e. The average molecular weight is 475 g/mol. The van der Waals surface area contributed by atoms with E-state index in [4.69, 9.17) is 8.85 Å². The fourth-order valence-electron chi connectivity index (χ4n) is 3.55. The highest BCUT2D eigenvalue weighted by Crippen LogP contribution is 2.41. The molecule has 0 bridgehead atoms. The summed E-state index contributed by atoms with van der Waals surface area (Å²) in [6.45, 7) is 23.5. The van der Waals surface area contributed by atoms with E-state index in [2.05, 4.69) is 85.9 Å². The Morgan fingerprint density at radius 2 is 1.47 bits per heavy atom. The van der Waals surface area contributed by atoms with Gasteiger partial charge in [-0.05, 0) is 72.7 Å². The van der Waals surface area contributed by atoms with E-state index in [-0.39, 0.29) is 27.9 Å². The van der Waals surface area contributed by atoms with Gasteiger partial charge in [0.25, 0.3) is 0 Å². The zero-order valence-corrected chi connectivity index (χ0v) is 24.2. The maximum absolute atomic E-state index is 12.9. The van der Waals surface area contributed by atoms with Crippen LogP contribution >= 0.6 is 0 Å². The van der Waals surface area contributed by atoms with E-state index in [0.29, 0.717) is 0 Å². The van der Waals surface area contributed by atoms with Gasteiger partial charge in [-0.2, -0.15) is 0 Å². The van der Waals surface area contributed by atoms with Gasteiger partial charge >= 0.3 is 0 Å². The molecule has 0 unspecified atom stereocenters. The molecule has 0 spiro atoms. The Hall–Kier alpha value is -1.02. The van der Waals surface area contributed by atoms with E-state index in [0.717, 1.165) is 31.4 Å². The highest BCUT2D eigenvalue weighted by molar-refractivity contribution is 6.74. The van der Waals surface area contributed by atoms with E-state index in [9.17, 15) is 4.79 Å². The molecule has 0 saturated carbocycles. The number of ketones is 1. The Labute approximate surface area is 199 Å². The van der Waals surface area contributed by atoms with Gasteiger partial charge in [0.2, 0.25) is 0 Å². The van der Waals surface area contributed by atoms with E-state index in [1.807, 2.05) is 12.1 Å². The Morgan fingerprint density at radius 1 is 0.875 bits per heavy atom. The van der Waals surface area contributed by atoms with Crippen LogP contribution in [0.5, 0.6) is 0 Å². The van der Waals surface area contributed by atoms with Gasteiger partial charge in [0, 0.05) is 6.61 Å². The molecule has 32 heavy (non-hydrogen) atoms.